The second-order valence-corrected chi connectivity index (χ2v) is 10.2. The van der Waals surface area contributed by atoms with E-state index in [-0.39, 0.29) is 22.7 Å². The average Bonchev–Trinajstić information content (AvgIpc) is 3.51. The van der Waals surface area contributed by atoms with Crippen molar-refractivity contribution in [3.63, 3.8) is 0 Å². The van der Waals surface area contributed by atoms with Crippen LogP contribution in [0.5, 0.6) is 5.75 Å². The third kappa shape index (κ3) is 5.20. The van der Waals surface area contributed by atoms with E-state index in [0.29, 0.717) is 30.0 Å². The summed E-state index contributed by atoms with van der Waals surface area (Å²) in [6.45, 7) is 1.98. The van der Waals surface area contributed by atoms with Crippen molar-refractivity contribution < 1.29 is 17.9 Å². The molecule has 2 N–H and O–H groups in total. The van der Waals surface area contributed by atoms with Crippen LogP contribution in [0.3, 0.4) is 0 Å². The van der Waals surface area contributed by atoms with Gasteiger partial charge in [0, 0.05) is 23.3 Å². The lowest BCUT2D eigenvalue weighted by atomic mass is 10.1. The van der Waals surface area contributed by atoms with Gasteiger partial charge in [-0.25, -0.2) is 13.4 Å². The highest BCUT2D eigenvalue weighted by Crippen LogP contribution is 2.32. The first-order valence-electron chi connectivity index (χ1n) is 9.70. The predicted molar refractivity (Wildman–Crippen MR) is 121 cm³/mol. The fourth-order valence-corrected chi connectivity index (χ4v) is 5.37. The van der Waals surface area contributed by atoms with E-state index in [1.54, 1.807) is 30.9 Å². The molecule has 1 aromatic carbocycles. The fourth-order valence-electron chi connectivity index (χ4n) is 3.06. The van der Waals surface area contributed by atoms with E-state index >= 15 is 0 Å². The zero-order chi connectivity index (χ0) is 22.0. The molecular formula is C21H22N4O4S2. The van der Waals surface area contributed by atoms with E-state index < -0.39 is 10.0 Å². The molecule has 162 valence electrons. The van der Waals surface area contributed by atoms with Gasteiger partial charge < -0.3 is 10.1 Å². The maximum absolute atomic E-state index is 12.5. The highest BCUT2D eigenvalue weighted by Gasteiger charge is 2.36. The van der Waals surface area contributed by atoms with E-state index in [1.165, 1.54) is 11.3 Å². The van der Waals surface area contributed by atoms with Crippen molar-refractivity contribution in [2.24, 2.45) is 0 Å². The highest BCUT2D eigenvalue weighted by atomic mass is 32.2. The van der Waals surface area contributed by atoms with Gasteiger partial charge in [0.25, 0.3) is 0 Å². The first-order chi connectivity index (χ1) is 14.8. The van der Waals surface area contributed by atoms with E-state index in [0.717, 1.165) is 16.7 Å². The number of hydrogen-bond acceptors (Lipinski definition) is 7. The molecule has 1 amide bonds. The SMILES string of the molecule is COc1cc(-c2cncc(C)c2)ccc1NC(=O)Cc1csc(NS(=O)(=O)C2CC2)n1. The summed E-state index contributed by atoms with van der Waals surface area (Å²) in [5.74, 6) is 0.258. The average molecular weight is 459 g/mol. The standard InChI is InChI=1S/C21H22N4O4S2/c1-13-7-15(11-22-10-13)14-3-6-18(19(8-14)29-2)24-20(26)9-16-12-30-21(23-16)25-31(27,28)17-4-5-17/h3,6-8,10-12,17H,4-5,9H2,1-2H3,(H,23,25)(H,24,26). The Morgan fingerprint density at radius 2 is 2.03 bits per heavy atom. The topological polar surface area (TPSA) is 110 Å². The number of rotatable bonds is 8. The maximum atomic E-state index is 12.5. The summed E-state index contributed by atoms with van der Waals surface area (Å²) >= 11 is 1.17. The van der Waals surface area contributed by atoms with Gasteiger partial charge in [0.15, 0.2) is 5.13 Å². The smallest absolute Gasteiger partial charge is 0.237 e. The van der Waals surface area contributed by atoms with Gasteiger partial charge in [-0.15, -0.1) is 11.3 Å². The zero-order valence-corrected chi connectivity index (χ0v) is 18.7. The molecule has 2 heterocycles. The number of sulfonamides is 1. The molecule has 10 heteroatoms. The van der Waals surface area contributed by atoms with Crippen molar-refractivity contribution in [1.29, 1.82) is 0 Å². The number of benzene rings is 1. The lowest BCUT2D eigenvalue weighted by molar-refractivity contribution is -0.115. The van der Waals surface area contributed by atoms with Crippen LogP contribution in [-0.4, -0.2) is 36.7 Å². The van der Waals surface area contributed by atoms with Crippen LogP contribution in [0.1, 0.15) is 24.1 Å². The summed E-state index contributed by atoms with van der Waals surface area (Å²) in [5, 5.41) is 4.46. The molecule has 1 aliphatic rings. The molecule has 1 aliphatic carbocycles. The zero-order valence-electron chi connectivity index (χ0n) is 17.1. The largest absolute Gasteiger partial charge is 0.495 e. The third-order valence-electron chi connectivity index (χ3n) is 4.77. The molecular weight excluding hydrogens is 436 g/mol. The van der Waals surface area contributed by atoms with Crippen LogP contribution in [0.25, 0.3) is 11.1 Å². The summed E-state index contributed by atoms with van der Waals surface area (Å²) in [7, 11) is -1.82. The quantitative estimate of drug-likeness (QED) is 0.534. The number of carbonyl (C=O) groups is 1. The number of aryl methyl sites for hydroxylation is 1. The van der Waals surface area contributed by atoms with Gasteiger partial charge in [-0.3, -0.25) is 14.5 Å². The van der Waals surface area contributed by atoms with E-state index in [9.17, 15) is 13.2 Å². The van der Waals surface area contributed by atoms with E-state index in [1.807, 2.05) is 25.1 Å². The normalized spacial score (nSPS) is 13.6. The molecule has 4 rings (SSSR count). The molecule has 1 saturated carbocycles. The number of carbonyl (C=O) groups excluding carboxylic acids is 1. The Hall–Kier alpha value is -2.98. The molecule has 3 aromatic rings. The van der Waals surface area contributed by atoms with Crippen molar-refractivity contribution in [1.82, 2.24) is 9.97 Å². The summed E-state index contributed by atoms with van der Waals surface area (Å²) < 4.78 is 32.0. The molecule has 31 heavy (non-hydrogen) atoms. The predicted octanol–water partition coefficient (Wildman–Crippen LogP) is 3.61. The lowest BCUT2D eigenvalue weighted by Gasteiger charge is -2.12. The summed E-state index contributed by atoms with van der Waals surface area (Å²) in [5.41, 5.74) is 3.98. The van der Waals surface area contributed by atoms with E-state index in [2.05, 4.69) is 20.0 Å². The van der Waals surface area contributed by atoms with Crippen LogP contribution in [0.4, 0.5) is 10.8 Å². The van der Waals surface area contributed by atoms with Crippen LogP contribution in [0.15, 0.2) is 42.0 Å². The second kappa shape index (κ2) is 8.64. The minimum Gasteiger partial charge on any atom is -0.495 e. The lowest BCUT2D eigenvalue weighted by Crippen LogP contribution is -2.17. The number of ether oxygens (including phenoxy) is 1. The Kier molecular flexibility index (Phi) is 5.92. The Labute approximate surface area is 184 Å². The number of anilines is 2. The van der Waals surface area contributed by atoms with Gasteiger partial charge in [-0.2, -0.15) is 0 Å². The molecule has 0 bridgehead atoms. The number of thiazole rings is 1. The monoisotopic (exact) mass is 458 g/mol. The van der Waals surface area contributed by atoms with Gasteiger partial charge in [0.1, 0.15) is 5.75 Å². The Bertz CT molecular complexity index is 1220. The van der Waals surface area contributed by atoms with Crippen LogP contribution in [0.2, 0.25) is 0 Å². The first-order valence-corrected chi connectivity index (χ1v) is 12.1. The van der Waals surface area contributed by atoms with Crippen molar-refractivity contribution in [2.75, 3.05) is 17.1 Å². The van der Waals surface area contributed by atoms with E-state index in [4.69, 9.17) is 4.74 Å². The van der Waals surface area contributed by atoms with Crippen molar-refractivity contribution >= 4 is 38.1 Å². The maximum Gasteiger partial charge on any atom is 0.237 e. The van der Waals surface area contributed by atoms with Gasteiger partial charge in [0.2, 0.25) is 15.9 Å². The molecule has 0 spiro atoms. The van der Waals surface area contributed by atoms with Crippen molar-refractivity contribution in [3.8, 4) is 16.9 Å². The number of amides is 1. The van der Waals surface area contributed by atoms with Crippen LogP contribution >= 0.6 is 11.3 Å². The first kappa shape index (κ1) is 21.3. The minimum absolute atomic E-state index is 0.0222. The number of pyridine rings is 1. The number of nitrogens with one attached hydrogen (secondary N) is 2. The summed E-state index contributed by atoms with van der Waals surface area (Å²) in [4.78, 5) is 20.9. The van der Waals surface area contributed by atoms with Crippen LogP contribution in [0, 0.1) is 6.92 Å². The van der Waals surface area contributed by atoms with Crippen molar-refractivity contribution in [2.45, 2.75) is 31.4 Å². The second-order valence-electron chi connectivity index (χ2n) is 7.38. The van der Waals surface area contributed by atoms with Crippen molar-refractivity contribution in [3.05, 3.63) is 53.3 Å². The van der Waals surface area contributed by atoms with Gasteiger partial charge in [-0.1, -0.05) is 6.07 Å². The molecule has 0 radical (unpaired) electrons. The van der Waals surface area contributed by atoms with Crippen LogP contribution < -0.4 is 14.8 Å². The molecule has 8 nitrogen and oxygen atoms in total. The van der Waals surface area contributed by atoms with Gasteiger partial charge in [-0.05, 0) is 49.1 Å². The Morgan fingerprint density at radius 1 is 1.23 bits per heavy atom. The molecule has 0 saturated heterocycles. The fraction of sp³-hybridized carbons (Fsp3) is 0.286. The number of aromatic nitrogens is 2. The van der Waals surface area contributed by atoms with Gasteiger partial charge >= 0.3 is 0 Å². The van der Waals surface area contributed by atoms with Gasteiger partial charge in [0.05, 0.1) is 30.2 Å². The number of methoxy groups -OCH3 is 1. The number of hydrogen-bond donors (Lipinski definition) is 2. The minimum atomic E-state index is -3.37. The Morgan fingerprint density at radius 3 is 2.74 bits per heavy atom. The summed E-state index contributed by atoms with van der Waals surface area (Å²) in [6, 6.07) is 7.55. The molecule has 1 fully saturated rings. The molecule has 0 unspecified atom stereocenters. The summed E-state index contributed by atoms with van der Waals surface area (Å²) in [6.07, 6.45) is 4.94. The third-order valence-corrected chi connectivity index (χ3v) is 7.53. The highest BCUT2D eigenvalue weighted by molar-refractivity contribution is 7.93. The molecule has 0 atom stereocenters. The van der Waals surface area contributed by atoms with Crippen LogP contribution in [-0.2, 0) is 21.2 Å². The Balaban J connectivity index is 1.42. The number of nitrogens with zero attached hydrogens (tertiary/aromatic N) is 2. The molecule has 0 aliphatic heterocycles. The molecule has 2 aromatic heterocycles.